The fourth-order valence-electron chi connectivity index (χ4n) is 6.29. The van der Waals surface area contributed by atoms with Gasteiger partial charge in [0, 0.05) is 18.0 Å². The normalized spacial score (nSPS) is 39.8. The molecule has 0 spiro atoms. The molecule has 1 fully saturated rings. The van der Waals surface area contributed by atoms with E-state index in [1.54, 1.807) is 6.33 Å². The van der Waals surface area contributed by atoms with Gasteiger partial charge in [-0.1, -0.05) is 32.1 Å². The van der Waals surface area contributed by atoms with Crippen LogP contribution in [0.1, 0.15) is 64.9 Å². The van der Waals surface area contributed by atoms with Crippen molar-refractivity contribution in [2.45, 2.75) is 65.4 Å². The lowest BCUT2D eigenvalue weighted by Gasteiger charge is -2.54. The molecule has 3 nitrogen and oxygen atoms in total. The zero-order valence-electron chi connectivity index (χ0n) is 16.4. The summed E-state index contributed by atoms with van der Waals surface area (Å²) < 4.78 is 0. The summed E-state index contributed by atoms with van der Waals surface area (Å²) in [5.41, 5.74) is 3.17. The summed E-state index contributed by atoms with van der Waals surface area (Å²) in [6, 6.07) is 0. The molecule has 3 aliphatic rings. The first-order valence-corrected chi connectivity index (χ1v) is 10.3. The standard InChI is InChI=1S/C23H32N2O/c1-16(26)8-11-22(2)10-4-5-18-20(22)9-12-23(3)19(6-7-21(18)23)17-13-24-15-25-14-17/h4,6,10,13-16,18,20-21,26H,5,7-9,11-12H2,1-3H3/t16-,18?,20?,21?,22-,23-/m1/s1. The van der Waals surface area contributed by atoms with Crippen LogP contribution in [0.2, 0.25) is 0 Å². The highest BCUT2D eigenvalue weighted by molar-refractivity contribution is 5.72. The van der Waals surface area contributed by atoms with E-state index >= 15 is 0 Å². The number of aliphatic hydroxyl groups is 1. The van der Waals surface area contributed by atoms with Gasteiger partial charge < -0.3 is 5.11 Å². The van der Waals surface area contributed by atoms with Gasteiger partial charge in [0.1, 0.15) is 6.33 Å². The fourth-order valence-corrected chi connectivity index (χ4v) is 6.29. The summed E-state index contributed by atoms with van der Waals surface area (Å²) in [4.78, 5) is 8.51. The van der Waals surface area contributed by atoms with E-state index in [2.05, 4.69) is 42.0 Å². The molecule has 1 heterocycles. The van der Waals surface area contributed by atoms with Crippen molar-refractivity contribution in [1.82, 2.24) is 9.97 Å². The lowest BCUT2D eigenvalue weighted by atomic mass is 9.50. The van der Waals surface area contributed by atoms with Crippen LogP contribution in [0, 0.1) is 28.6 Å². The Labute approximate surface area is 157 Å². The molecule has 0 bridgehead atoms. The lowest BCUT2D eigenvalue weighted by molar-refractivity contribution is -0.00148. The van der Waals surface area contributed by atoms with Crippen LogP contribution in [0.3, 0.4) is 0 Å². The van der Waals surface area contributed by atoms with Gasteiger partial charge in [-0.15, -0.1) is 0 Å². The average Bonchev–Trinajstić information content (AvgIpc) is 2.99. The second-order valence-corrected chi connectivity index (χ2v) is 9.35. The van der Waals surface area contributed by atoms with Gasteiger partial charge in [-0.3, -0.25) is 0 Å². The Morgan fingerprint density at radius 2 is 1.96 bits per heavy atom. The molecule has 1 aromatic heterocycles. The van der Waals surface area contributed by atoms with Crippen LogP contribution in [0.15, 0.2) is 36.9 Å². The Morgan fingerprint density at radius 3 is 2.69 bits per heavy atom. The number of allylic oxidation sites excluding steroid dienone is 4. The van der Waals surface area contributed by atoms with Gasteiger partial charge in [-0.05, 0) is 79.6 Å². The van der Waals surface area contributed by atoms with E-state index in [4.69, 9.17) is 0 Å². The zero-order chi connectivity index (χ0) is 18.4. The monoisotopic (exact) mass is 352 g/mol. The first-order chi connectivity index (χ1) is 12.4. The first-order valence-electron chi connectivity index (χ1n) is 10.3. The van der Waals surface area contributed by atoms with Crippen molar-refractivity contribution >= 4 is 5.57 Å². The number of aliphatic hydroxyl groups excluding tert-OH is 1. The molecule has 0 radical (unpaired) electrons. The van der Waals surface area contributed by atoms with Crippen molar-refractivity contribution in [2.75, 3.05) is 0 Å². The Bertz CT molecular complexity index is 710. The third-order valence-corrected chi connectivity index (χ3v) is 7.74. The molecular weight excluding hydrogens is 320 g/mol. The SMILES string of the molecule is C[C@@H](O)CC[C@@]1(C)C=CCC2C1CC[C@]1(C)C(c3cncnc3)=CCC21. The highest BCUT2D eigenvalue weighted by Crippen LogP contribution is 2.64. The first kappa shape index (κ1) is 17.9. The van der Waals surface area contributed by atoms with Crippen molar-refractivity contribution in [3.8, 4) is 0 Å². The molecule has 0 aromatic carbocycles. The average molecular weight is 353 g/mol. The Kier molecular flexibility index (Phi) is 4.54. The van der Waals surface area contributed by atoms with E-state index in [0.717, 1.165) is 24.7 Å². The fraction of sp³-hybridized carbons (Fsp3) is 0.652. The predicted octanol–water partition coefficient (Wildman–Crippen LogP) is 5.04. The highest BCUT2D eigenvalue weighted by Gasteiger charge is 2.54. The Hall–Kier alpha value is -1.48. The van der Waals surface area contributed by atoms with E-state index in [-0.39, 0.29) is 16.9 Å². The lowest BCUT2D eigenvalue weighted by Crippen LogP contribution is -2.46. The topological polar surface area (TPSA) is 46.0 Å². The second kappa shape index (κ2) is 6.60. The molecule has 26 heavy (non-hydrogen) atoms. The maximum absolute atomic E-state index is 9.80. The molecule has 140 valence electrons. The van der Waals surface area contributed by atoms with Gasteiger partial charge in [0.2, 0.25) is 0 Å². The smallest absolute Gasteiger partial charge is 0.115 e. The van der Waals surface area contributed by atoms with Gasteiger partial charge in [0.15, 0.2) is 0 Å². The third kappa shape index (κ3) is 2.85. The number of hydrogen-bond acceptors (Lipinski definition) is 3. The maximum Gasteiger partial charge on any atom is 0.115 e. The minimum Gasteiger partial charge on any atom is -0.393 e. The van der Waals surface area contributed by atoms with Crippen LogP contribution in [0.25, 0.3) is 5.57 Å². The molecule has 1 saturated carbocycles. The number of nitrogens with zero attached hydrogens (tertiary/aromatic N) is 2. The number of rotatable bonds is 4. The summed E-state index contributed by atoms with van der Waals surface area (Å²) in [6.07, 6.45) is 19.7. The number of fused-ring (bicyclic) bond motifs is 3. The quantitative estimate of drug-likeness (QED) is 0.772. The van der Waals surface area contributed by atoms with Crippen LogP contribution >= 0.6 is 0 Å². The van der Waals surface area contributed by atoms with E-state index in [1.807, 2.05) is 19.3 Å². The second-order valence-electron chi connectivity index (χ2n) is 9.35. The molecule has 6 atom stereocenters. The molecule has 3 heteroatoms. The molecule has 0 saturated heterocycles. The number of aromatic nitrogens is 2. The van der Waals surface area contributed by atoms with Crippen LogP contribution in [-0.4, -0.2) is 21.2 Å². The highest BCUT2D eigenvalue weighted by atomic mass is 16.3. The minimum atomic E-state index is -0.202. The summed E-state index contributed by atoms with van der Waals surface area (Å²) in [5.74, 6) is 2.20. The third-order valence-electron chi connectivity index (χ3n) is 7.74. The zero-order valence-corrected chi connectivity index (χ0v) is 16.4. The van der Waals surface area contributed by atoms with Crippen molar-refractivity contribution in [3.63, 3.8) is 0 Å². The summed E-state index contributed by atoms with van der Waals surface area (Å²) >= 11 is 0. The Morgan fingerprint density at radius 1 is 1.19 bits per heavy atom. The number of hydrogen-bond donors (Lipinski definition) is 1. The van der Waals surface area contributed by atoms with Gasteiger partial charge in [0.05, 0.1) is 6.10 Å². The van der Waals surface area contributed by atoms with Crippen LogP contribution in [0.4, 0.5) is 0 Å². The van der Waals surface area contributed by atoms with Crippen LogP contribution in [-0.2, 0) is 0 Å². The summed E-state index contributed by atoms with van der Waals surface area (Å²) in [7, 11) is 0. The molecule has 1 N–H and O–H groups in total. The van der Waals surface area contributed by atoms with Gasteiger partial charge in [0.25, 0.3) is 0 Å². The van der Waals surface area contributed by atoms with Crippen molar-refractivity contribution < 1.29 is 5.11 Å². The summed E-state index contributed by atoms with van der Waals surface area (Å²) in [5, 5.41) is 9.80. The molecule has 1 aromatic rings. The van der Waals surface area contributed by atoms with Gasteiger partial charge >= 0.3 is 0 Å². The largest absolute Gasteiger partial charge is 0.393 e. The van der Waals surface area contributed by atoms with Crippen molar-refractivity contribution in [1.29, 1.82) is 0 Å². The van der Waals surface area contributed by atoms with Gasteiger partial charge in [-0.25, -0.2) is 9.97 Å². The Balaban J connectivity index is 1.59. The molecule has 0 amide bonds. The van der Waals surface area contributed by atoms with Crippen LogP contribution in [0.5, 0.6) is 0 Å². The van der Waals surface area contributed by atoms with Gasteiger partial charge in [-0.2, -0.15) is 0 Å². The molecule has 3 unspecified atom stereocenters. The predicted molar refractivity (Wildman–Crippen MR) is 105 cm³/mol. The van der Waals surface area contributed by atoms with Crippen molar-refractivity contribution in [3.05, 3.63) is 42.5 Å². The molecule has 0 aliphatic heterocycles. The van der Waals surface area contributed by atoms with E-state index in [0.29, 0.717) is 5.92 Å². The van der Waals surface area contributed by atoms with E-state index < -0.39 is 0 Å². The maximum atomic E-state index is 9.80. The minimum absolute atomic E-state index is 0.202. The van der Waals surface area contributed by atoms with E-state index in [9.17, 15) is 5.11 Å². The van der Waals surface area contributed by atoms with Crippen molar-refractivity contribution in [2.24, 2.45) is 28.6 Å². The van der Waals surface area contributed by atoms with E-state index in [1.165, 1.54) is 36.8 Å². The summed E-state index contributed by atoms with van der Waals surface area (Å²) in [6.45, 7) is 6.82. The van der Waals surface area contributed by atoms with Crippen LogP contribution < -0.4 is 0 Å². The molecular formula is C23H32N2O. The molecule has 3 aliphatic carbocycles. The molecule has 4 rings (SSSR count).